The number of alkyl halides is 2. The van der Waals surface area contributed by atoms with E-state index in [-0.39, 0.29) is 0 Å². The van der Waals surface area contributed by atoms with Gasteiger partial charge in [-0.1, -0.05) is 0 Å². The minimum atomic E-state index is -4.46. The van der Waals surface area contributed by atoms with Crippen LogP contribution in [-0.2, 0) is 9.05 Å². The average Bonchev–Trinajstić information content (AvgIpc) is 2.01. The van der Waals surface area contributed by atoms with E-state index in [9.17, 15) is 21.6 Å². The van der Waals surface area contributed by atoms with Gasteiger partial charge in [0.15, 0.2) is 5.03 Å². The second kappa shape index (κ2) is 3.74. The van der Waals surface area contributed by atoms with Crippen LogP contribution in [0.3, 0.4) is 0 Å². The third-order valence-corrected chi connectivity index (χ3v) is 2.58. The normalized spacial score (nSPS) is 12.1. The number of pyridine rings is 1. The largest absolute Gasteiger partial charge is 0.279 e. The molecule has 0 aromatic carbocycles. The fourth-order valence-corrected chi connectivity index (χ4v) is 1.83. The van der Waals surface area contributed by atoms with Gasteiger partial charge in [-0.25, -0.2) is 26.6 Å². The summed E-state index contributed by atoms with van der Waals surface area (Å²) in [5.41, 5.74) is -1.30. The third kappa shape index (κ3) is 2.16. The van der Waals surface area contributed by atoms with Crippen LogP contribution in [0.1, 0.15) is 12.0 Å². The maximum Gasteiger partial charge on any atom is 0.279 e. The van der Waals surface area contributed by atoms with Crippen molar-refractivity contribution in [1.82, 2.24) is 4.98 Å². The highest BCUT2D eigenvalue weighted by Crippen LogP contribution is 2.28. The van der Waals surface area contributed by atoms with E-state index in [0.717, 1.165) is 6.20 Å². The zero-order chi connectivity index (χ0) is 10.9. The van der Waals surface area contributed by atoms with Crippen LogP contribution in [0.5, 0.6) is 0 Å². The number of aromatic nitrogens is 1. The van der Waals surface area contributed by atoms with Crippen LogP contribution in [0.2, 0.25) is 0 Å². The number of nitrogens with zero attached hydrogens (tertiary/aromatic N) is 1. The Bertz CT molecular complexity index is 448. The van der Waals surface area contributed by atoms with E-state index in [1.807, 2.05) is 0 Å². The highest BCUT2D eigenvalue weighted by atomic mass is 35.7. The van der Waals surface area contributed by atoms with Gasteiger partial charge in [-0.2, -0.15) is 0 Å². The molecule has 78 valence electrons. The van der Waals surface area contributed by atoms with E-state index >= 15 is 0 Å². The Hall–Kier alpha value is -0.820. The van der Waals surface area contributed by atoms with Crippen LogP contribution in [-0.4, -0.2) is 13.4 Å². The fraction of sp³-hybridized carbons (Fsp3) is 0.167. The summed E-state index contributed by atoms with van der Waals surface area (Å²) in [6.07, 6.45) is -2.54. The maximum atomic E-state index is 12.8. The second-order valence-electron chi connectivity index (χ2n) is 2.25. The Morgan fingerprint density at radius 3 is 2.36 bits per heavy atom. The third-order valence-electron chi connectivity index (χ3n) is 1.35. The summed E-state index contributed by atoms with van der Waals surface area (Å²) < 4.78 is 58.6. The highest BCUT2D eigenvalue weighted by molar-refractivity contribution is 8.13. The highest BCUT2D eigenvalue weighted by Gasteiger charge is 2.26. The molecule has 1 heterocycles. The summed E-state index contributed by atoms with van der Waals surface area (Å²) in [4.78, 5) is 3.09. The predicted octanol–water partition coefficient (Wildman–Crippen LogP) is 2.09. The molecular weight excluding hydrogens is 243 g/mol. The van der Waals surface area contributed by atoms with Crippen molar-refractivity contribution in [3.05, 3.63) is 23.6 Å². The number of hydrogen-bond donors (Lipinski definition) is 0. The van der Waals surface area contributed by atoms with Crippen LogP contribution < -0.4 is 0 Å². The SMILES string of the molecule is O=S(=O)(Cl)c1nccc(F)c1C(F)F. The Balaban J connectivity index is 3.52. The van der Waals surface area contributed by atoms with Gasteiger partial charge in [0.2, 0.25) is 0 Å². The smallest absolute Gasteiger partial charge is 0.243 e. The van der Waals surface area contributed by atoms with Crippen LogP contribution >= 0.6 is 10.7 Å². The minimum Gasteiger partial charge on any atom is -0.243 e. The molecule has 0 saturated carbocycles. The molecule has 0 unspecified atom stereocenters. The molecule has 0 aliphatic rings. The Morgan fingerprint density at radius 2 is 2.00 bits per heavy atom. The van der Waals surface area contributed by atoms with Crippen molar-refractivity contribution < 1.29 is 21.6 Å². The topological polar surface area (TPSA) is 47.0 Å². The number of hydrogen-bond acceptors (Lipinski definition) is 3. The summed E-state index contributed by atoms with van der Waals surface area (Å²) >= 11 is 0. The first kappa shape index (κ1) is 11.3. The molecule has 0 amide bonds. The molecule has 0 spiro atoms. The van der Waals surface area contributed by atoms with Crippen LogP contribution in [0.25, 0.3) is 0 Å². The van der Waals surface area contributed by atoms with Crippen molar-refractivity contribution in [3.8, 4) is 0 Å². The van der Waals surface area contributed by atoms with Crippen molar-refractivity contribution in [2.24, 2.45) is 0 Å². The van der Waals surface area contributed by atoms with E-state index in [1.165, 1.54) is 0 Å². The van der Waals surface area contributed by atoms with Gasteiger partial charge < -0.3 is 0 Å². The van der Waals surface area contributed by atoms with Gasteiger partial charge in [0, 0.05) is 16.9 Å². The predicted molar refractivity (Wildman–Crippen MR) is 42.2 cm³/mol. The first-order chi connectivity index (χ1) is 6.34. The van der Waals surface area contributed by atoms with E-state index in [1.54, 1.807) is 0 Å². The molecule has 0 fully saturated rings. The molecule has 1 rings (SSSR count). The maximum absolute atomic E-state index is 12.8. The summed E-state index contributed by atoms with van der Waals surface area (Å²) in [5.74, 6) is -1.35. The van der Waals surface area contributed by atoms with Crippen LogP contribution in [0.15, 0.2) is 17.3 Å². The molecule has 1 aromatic rings. The Morgan fingerprint density at radius 1 is 1.43 bits per heavy atom. The summed E-state index contributed by atoms with van der Waals surface area (Å²) in [6, 6.07) is 0.632. The number of halogens is 4. The van der Waals surface area contributed by atoms with E-state index < -0.39 is 31.9 Å². The molecule has 0 atom stereocenters. The summed E-state index contributed by atoms with van der Waals surface area (Å²) in [6.45, 7) is 0. The molecule has 0 saturated heterocycles. The van der Waals surface area contributed by atoms with Crippen molar-refractivity contribution in [2.75, 3.05) is 0 Å². The van der Waals surface area contributed by atoms with Crippen molar-refractivity contribution in [1.29, 1.82) is 0 Å². The molecular formula is C6H3ClF3NO2S. The second-order valence-corrected chi connectivity index (χ2v) is 4.73. The standard InChI is InChI=1S/C6H3ClF3NO2S/c7-14(12,13)6-4(5(9)10)3(8)1-2-11-6/h1-2,5H. The lowest BCUT2D eigenvalue weighted by molar-refractivity contribution is 0.141. The van der Waals surface area contributed by atoms with E-state index in [0.29, 0.717) is 6.07 Å². The molecule has 0 bridgehead atoms. The average molecular weight is 246 g/mol. The molecule has 0 N–H and O–H groups in total. The molecule has 3 nitrogen and oxygen atoms in total. The van der Waals surface area contributed by atoms with Gasteiger partial charge in [-0.05, 0) is 6.07 Å². The molecule has 0 radical (unpaired) electrons. The van der Waals surface area contributed by atoms with Gasteiger partial charge in [0.1, 0.15) is 5.82 Å². The van der Waals surface area contributed by atoms with Crippen molar-refractivity contribution >= 4 is 19.7 Å². The van der Waals surface area contributed by atoms with Gasteiger partial charge in [0.25, 0.3) is 15.5 Å². The van der Waals surface area contributed by atoms with Crippen molar-refractivity contribution in [2.45, 2.75) is 11.5 Å². The lowest BCUT2D eigenvalue weighted by Gasteiger charge is -2.04. The quantitative estimate of drug-likeness (QED) is 0.750. The van der Waals surface area contributed by atoms with Gasteiger partial charge >= 0.3 is 0 Å². The van der Waals surface area contributed by atoms with Gasteiger partial charge in [0.05, 0.1) is 5.56 Å². The fourth-order valence-electron chi connectivity index (χ4n) is 0.824. The van der Waals surface area contributed by atoms with Crippen molar-refractivity contribution in [3.63, 3.8) is 0 Å². The molecule has 0 aliphatic carbocycles. The van der Waals surface area contributed by atoms with Gasteiger partial charge in [-0.3, -0.25) is 0 Å². The van der Waals surface area contributed by atoms with Crippen LogP contribution in [0.4, 0.5) is 13.2 Å². The zero-order valence-corrected chi connectivity index (χ0v) is 7.99. The zero-order valence-electron chi connectivity index (χ0n) is 6.42. The summed E-state index contributed by atoms with van der Waals surface area (Å²) in [7, 11) is 0.330. The first-order valence-electron chi connectivity index (χ1n) is 3.21. The Labute approximate surface area is 81.9 Å². The van der Waals surface area contributed by atoms with Crippen LogP contribution in [0, 0.1) is 5.82 Å². The first-order valence-corrected chi connectivity index (χ1v) is 5.52. The molecule has 14 heavy (non-hydrogen) atoms. The lowest BCUT2D eigenvalue weighted by atomic mass is 10.3. The Kier molecular flexibility index (Phi) is 3.01. The molecule has 0 aliphatic heterocycles. The summed E-state index contributed by atoms with van der Waals surface area (Å²) in [5, 5.41) is -1.14. The molecule has 1 aromatic heterocycles. The van der Waals surface area contributed by atoms with Gasteiger partial charge in [-0.15, -0.1) is 0 Å². The monoisotopic (exact) mass is 245 g/mol. The lowest BCUT2D eigenvalue weighted by Crippen LogP contribution is -2.04. The van der Waals surface area contributed by atoms with E-state index in [2.05, 4.69) is 4.98 Å². The van der Waals surface area contributed by atoms with E-state index in [4.69, 9.17) is 10.7 Å². The minimum absolute atomic E-state index is 0.632. The molecule has 8 heteroatoms. The number of rotatable bonds is 2.